The van der Waals surface area contributed by atoms with E-state index in [1.165, 1.54) is 64.5 Å². The van der Waals surface area contributed by atoms with Crippen molar-refractivity contribution in [2.24, 2.45) is 0 Å². The molecule has 39 heavy (non-hydrogen) atoms. The van der Waals surface area contributed by atoms with E-state index < -0.39 is 0 Å². The summed E-state index contributed by atoms with van der Waals surface area (Å²) in [5.41, 5.74) is 12.1. The van der Waals surface area contributed by atoms with Gasteiger partial charge in [0, 0.05) is 26.6 Å². The van der Waals surface area contributed by atoms with E-state index in [1.807, 2.05) is 11.3 Å². The third kappa shape index (κ3) is 2.91. The van der Waals surface area contributed by atoms with Gasteiger partial charge in [0.05, 0.1) is 0 Å². The summed E-state index contributed by atoms with van der Waals surface area (Å²) in [6, 6.07) is 48.9. The van der Waals surface area contributed by atoms with Crippen molar-refractivity contribution in [2.75, 3.05) is 4.90 Å². The topological polar surface area (TPSA) is 3.24 Å². The SMILES string of the molecule is c1ccc(N(c2ccccc2)c2ccc3c(c2)-c2c4c(cc5ccccc25)-c2sc5ccccc5c2B34)cc1. The molecule has 0 N–H and O–H groups in total. The molecule has 9 rings (SSSR count). The van der Waals surface area contributed by atoms with Crippen molar-refractivity contribution in [1.29, 1.82) is 0 Å². The number of hydrogen-bond donors (Lipinski definition) is 0. The van der Waals surface area contributed by atoms with E-state index >= 15 is 0 Å². The van der Waals surface area contributed by atoms with E-state index in [4.69, 9.17) is 0 Å². The number of nitrogens with zero attached hydrogens (tertiary/aromatic N) is 1. The fourth-order valence-corrected chi connectivity index (χ4v) is 8.17. The molecule has 0 radical (unpaired) electrons. The Kier molecular flexibility index (Phi) is 4.35. The van der Waals surface area contributed by atoms with Gasteiger partial charge < -0.3 is 4.90 Å². The molecule has 3 heterocycles. The zero-order chi connectivity index (χ0) is 25.5. The molecule has 180 valence electrons. The summed E-state index contributed by atoms with van der Waals surface area (Å²) in [7, 11) is 0. The van der Waals surface area contributed by atoms with Gasteiger partial charge in [-0.2, -0.15) is 0 Å². The predicted octanol–water partition coefficient (Wildman–Crippen LogP) is 8.00. The second-order valence-corrected chi connectivity index (χ2v) is 11.5. The average Bonchev–Trinajstić information content (AvgIpc) is 3.63. The zero-order valence-corrected chi connectivity index (χ0v) is 22.0. The highest BCUT2D eigenvalue weighted by Crippen LogP contribution is 2.45. The Morgan fingerprint density at radius 2 is 1.18 bits per heavy atom. The molecule has 0 fully saturated rings. The van der Waals surface area contributed by atoms with Gasteiger partial charge >= 0.3 is 0 Å². The Morgan fingerprint density at radius 1 is 0.513 bits per heavy atom. The Bertz CT molecular complexity index is 2040. The predicted molar refractivity (Wildman–Crippen MR) is 170 cm³/mol. The minimum atomic E-state index is 0.289. The summed E-state index contributed by atoms with van der Waals surface area (Å²) >= 11 is 1.95. The van der Waals surface area contributed by atoms with Gasteiger partial charge in [0.1, 0.15) is 0 Å². The van der Waals surface area contributed by atoms with Crippen LogP contribution in [0.25, 0.3) is 42.4 Å². The van der Waals surface area contributed by atoms with Crippen LogP contribution in [-0.2, 0) is 0 Å². The highest BCUT2D eigenvalue weighted by Gasteiger charge is 2.44. The number of hydrogen-bond acceptors (Lipinski definition) is 2. The molecule has 2 aliphatic rings. The molecule has 2 aliphatic heterocycles. The second kappa shape index (κ2) is 7.95. The van der Waals surface area contributed by atoms with E-state index in [1.54, 1.807) is 0 Å². The molecule has 1 nitrogen and oxygen atoms in total. The van der Waals surface area contributed by atoms with Gasteiger partial charge in [-0.15, -0.1) is 11.3 Å². The molecule has 0 aliphatic carbocycles. The minimum absolute atomic E-state index is 0.289. The van der Waals surface area contributed by atoms with Crippen LogP contribution in [0.5, 0.6) is 0 Å². The van der Waals surface area contributed by atoms with Crippen LogP contribution in [0.3, 0.4) is 0 Å². The zero-order valence-electron chi connectivity index (χ0n) is 21.1. The maximum Gasteiger partial charge on any atom is 0.246 e. The molecule has 7 aromatic rings. The van der Waals surface area contributed by atoms with E-state index in [-0.39, 0.29) is 6.71 Å². The lowest BCUT2D eigenvalue weighted by Gasteiger charge is -2.26. The Labute approximate surface area is 231 Å². The van der Waals surface area contributed by atoms with Gasteiger partial charge in [-0.3, -0.25) is 0 Å². The number of benzene rings is 6. The molecule has 0 saturated heterocycles. The molecule has 0 spiro atoms. The van der Waals surface area contributed by atoms with Crippen LogP contribution in [0.15, 0.2) is 133 Å². The smallest absolute Gasteiger partial charge is 0.246 e. The quantitative estimate of drug-likeness (QED) is 0.217. The summed E-state index contributed by atoms with van der Waals surface area (Å²) in [4.78, 5) is 3.82. The molecular formula is C36H22BNS. The molecule has 1 aromatic heterocycles. The Morgan fingerprint density at radius 3 is 1.95 bits per heavy atom. The average molecular weight is 511 g/mol. The fourth-order valence-electron chi connectivity index (χ4n) is 6.90. The molecule has 0 unspecified atom stereocenters. The van der Waals surface area contributed by atoms with Crippen LogP contribution < -0.4 is 21.3 Å². The molecule has 0 amide bonds. The summed E-state index contributed by atoms with van der Waals surface area (Å²) in [5, 5.41) is 4.07. The molecular weight excluding hydrogens is 489 g/mol. The van der Waals surface area contributed by atoms with E-state index in [0.717, 1.165) is 11.4 Å². The molecule has 0 atom stereocenters. The summed E-state index contributed by atoms with van der Waals surface area (Å²) in [6.07, 6.45) is 0. The third-order valence-electron chi connectivity index (χ3n) is 8.45. The largest absolute Gasteiger partial charge is 0.310 e. The first-order chi connectivity index (χ1) is 19.4. The normalized spacial score (nSPS) is 12.6. The van der Waals surface area contributed by atoms with E-state index in [2.05, 4.69) is 138 Å². The lowest BCUT2D eigenvalue weighted by Crippen LogP contribution is -2.45. The van der Waals surface area contributed by atoms with Gasteiger partial charge in [-0.1, -0.05) is 95.9 Å². The Hall–Kier alpha value is -4.60. The lowest BCUT2D eigenvalue weighted by atomic mass is 9.41. The molecule has 6 aromatic carbocycles. The van der Waals surface area contributed by atoms with Crippen LogP contribution in [0.1, 0.15) is 0 Å². The highest BCUT2D eigenvalue weighted by molar-refractivity contribution is 7.27. The van der Waals surface area contributed by atoms with Crippen molar-refractivity contribution >= 4 is 72.4 Å². The monoisotopic (exact) mass is 511 g/mol. The van der Waals surface area contributed by atoms with Crippen molar-refractivity contribution in [3.63, 3.8) is 0 Å². The van der Waals surface area contributed by atoms with Gasteiger partial charge in [-0.05, 0) is 86.8 Å². The van der Waals surface area contributed by atoms with Crippen LogP contribution in [0.2, 0.25) is 0 Å². The van der Waals surface area contributed by atoms with E-state index in [0.29, 0.717) is 0 Å². The summed E-state index contributed by atoms with van der Waals surface area (Å²) in [6.45, 7) is 0.289. The fraction of sp³-hybridized carbons (Fsp3) is 0. The van der Waals surface area contributed by atoms with Crippen molar-refractivity contribution in [2.45, 2.75) is 0 Å². The second-order valence-electron chi connectivity index (χ2n) is 10.5. The van der Waals surface area contributed by atoms with Crippen molar-refractivity contribution in [3.8, 4) is 21.6 Å². The maximum atomic E-state index is 2.44. The highest BCUT2D eigenvalue weighted by atomic mass is 32.1. The Balaban J connectivity index is 1.35. The lowest BCUT2D eigenvalue weighted by molar-refractivity contribution is 1.29. The van der Waals surface area contributed by atoms with Crippen LogP contribution in [-0.4, -0.2) is 6.71 Å². The molecule has 0 saturated carbocycles. The van der Waals surface area contributed by atoms with Gasteiger partial charge in [0.2, 0.25) is 6.71 Å². The molecule has 0 bridgehead atoms. The van der Waals surface area contributed by atoms with Crippen LogP contribution in [0, 0.1) is 0 Å². The summed E-state index contributed by atoms with van der Waals surface area (Å²) in [5.74, 6) is 0. The maximum absolute atomic E-state index is 2.44. The summed E-state index contributed by atoms with van der Waals surface area (Å²) < 4.78 is 1.38. The minimum Gasteiger partial charge on any atom is -0.310 e. The van der Waals surface area contributed by atoms with Gasteiger partial charge in [0.25, 0.3) is 0 Å². The van der Waals surface area contributed by atoms with Crippen molar-refractivity contribution in [3.05, 3.63) is 133 Å². The first kappa shape index (κ1) is 21.4. The number of anilines is 3. The standard InChI is InChI=1S/C36H22BNS/c1-3-12-24(13-4-1)38(25-14-5-2-6-15-25)26-19-20-31-29(22-26)33-27-16-8-7-11-23(27)21-30-34(33)37(31)35-28-17-9-10-18-32(28)39-36(30)35/h1-22H. The number of thiophene rings is 1. The number of rotatable bonds is 3. The van der Waals surface area contributed by atoms with Crippen LogP contribution >= 0.6 is 11.3 Å². The van der Waals surface area contributed by atoms with Crippen LogP contribution in [0.4, 0.5) is 17.1 Å². The van der Waals surface area contributed by atoms with Crippen molar-refractivity contribution in [1.82, 2.24) is 0 Å². The number of para-hydroxylation sites is 2. The van der Waals surface area contributed by atoms with Gasteiger partial charge in [-0.25, -0.2) is 0 Å². The first-order valence-electron chi connectivity index (χ1n) is 13.5. The number of fused-ring (bicyclic) bond motifs is 10. The first-order valence-corrected chi connectivity index (χ1v) is 14.3. The van der Waals surface area contributed by atoms with E-state index in [9.17, 15) is 0 Å². The third-order valence-corrected chi connectivity index (χ3v) is 9.67. The van der Waals surface area contributed by atoms with Gasteiger partial charge in [0.15, 0.2) is 0 Å². The van der Waals surface area contributed by atoms with Crippen molar-refractivity contribution < 1.29 is 0 Å². The molecule has 3 heteroatoms.